The van der Waals surface area contributed by atoms with Crippen LogP contribution in [0.1, 0.15) is 19.3 Å². The number of hydrogen-bond acceptors (Lipinski definition) is 1. The Bertz CT molecular complexity index is 188. The first kappa shape index (κ1) is 7.34. The molecule has 12 heavy (non-hydrogen) atoms. The summed E-state index contributed by atoms with van der Waals surface area (Å²) in [6.45, 7) is 5.58. The average molecular weight is 167 g/mol. The number of piperazine rings is 3. The van der Waals surface area contributed by atoms with Crippen LogP contribution in [-0.2, 0) is 0 Å². The SMILES string of the molecule is C[N+]12CCN3CC1CCCC2C3. The average Bonchev–Trinajstić information content (AvgIpc) is 2.02. The fraction of sp³-hybridized carbons (Fsp3) is 1.00. The van der Waals surface area contributed by atoms with Crippen molar-refractivity contribution in [1.82, 2.24) is 4.90 Å². The molecule has 0 aromatic carbocycles. The highest BCUT2D eigenvalue weighted by atomic mass is 15.5. The van der Waals surface area contributed by atoms with Crippen LogP contribution in [0.5, 0.6) is 0 Å². The van der Waals surface area contributed by atoms with Crippen LogP contribution in [0.15, 0.2) is 0 Å². The number of fused-ring (bicyclic) bond motifs is 1. The maximum absolute atomic E-state index is 2.69. The monoisotopic (exact) mass is 167 g/mol. The van der Waals surface area contributed by atoms with Gasteiger partial charge < -0.3 is 4.48 Å². The molecule has 0 aliphatic carbocycles. The number of quaternary nitrogens is 1. The summed E-state index contributed by atoms with van der Waals surface area (Å²) in [5.74, 6) is 0. The van der Waals surface area contributed by atoms with Gasteiger partial charge in [0, 0.05) is 19.4 Å². The Labute approximate surface area is 74.7 Å². The predicted octanol–water partition coefficient (Wildman–Crippen LogP) is 0.683. The van der Waals surface area contributed by atoms with Gasteiger partial charge in [-0.2, -0.15) is 0 Å². The van der Waals surface area contributed by atoms with E-state index in [1.807, 2.05) is 0 Å². The van der Waals surface area contributed by atoms with E-state index >= 15 is 0 Å². The normalized spacial score (nSPS) is 57.2. The Kier molecular flexibility index (Phi) is 1.37. The fourth-order valence-electron chi connectivity index (χ4n) is 3.61. The predicted molar refractivity (Wildman–Crippen MR) is 48.9 cm³/mol. The van der Waals surface area contributed by atoms with Crippen LogP contribution in [0, 0.1) is 0 Å². The molecule has 2 nitrogen and oxygen atoms in total. The highest BCUT2D eigenvalue weighted by molar-refractivity contribution is 4.87. The molecule has 68 valence electrons. The van der Waals surface area contributed by atoms with Crippen LogP contribution in [0.3, 0.4) is 0 Å². The minimum absolute atomic E-state index is 0.992. The summed E-state index contributed by atoms with van der Waals surface area (Å²) < 4.78 is 1.43. The lowest BCUT2D eigenvalue weighted by Crippen LogP contribution is -2.76. The molecule has 0 aromatic heterocycles. The molecule has 4 aliphatic rings. The molecule has 0 amide bonds. The van der Waals surface area contributed by atoms with Gasteiger partial charge in [0.2, 0.25) is 0 Å². The maximum Gasteiger partial charge on any atom is 0.102 e. The Morgan fingerprint density at radius 1 is 1.17 bits per heavy atom. The van der Waals surface area contributed by atoms with E-state index in [1.165, 1.54) is 49.9 Å². The topological polar surface area (TPSA) is 3.24 Å². The molecule has 4 fully saturated rings. The molecular formula is C10H19N2+. The number of rotatable bonds is 0. The molecule has 0 spiro atoms. The lowest BCUT2D eigenvalue weighted by molar-refractivity contribution is -0.975. The van der Waals surface area contributed by atoms with Gasteiger partial charge in [-0.1, -0.05) is 0 Å². The van der Waals surface area contributed by atoms with Crippen molar-refractivity contribution < 1.29 is 4.48 Å². The summed E-state index contributed by atoms with van der Waals surface area (Å²) in [6, 6.07) is 1.98. The molecule has 0 saturated carbocycles. The smallest absolute Gasteiger partial charge is 0.102 e. The molecule has 4 heterocycles. The minimum Gasteiger partial charge on any atom is -0.318 e. The van der Waals surface area contributed by atoms with Gasteiger partial charge in [-0.25, -0.2) is 0 Å². The molecule has 4 saturated heterocycles. The van der Waals surface area contributed by atoms with E-state index in [4.69, 9.17) is 0 Å². The van der Waals surface area contributed by atoms with Gasteiger partial charge in [-0.05, 0) is 6.42 Å². The molecule has 0 radical (unpaired) electrons. The zero-order chi connectivity index (χ0) is 8.18. The molecule has 0 aromatic rings. The molecule has 4 rings (SSSR count). The van der Waals surface area contributed by atoms with Crippen molar-refractivity contribution in [3.63, 3.8) is 0 Å². The lowest BCUT2D eigenvalue weighted by Gasteiger charge is -2.60. The van der Waals surface area contributed by atoms with Gasteiger partial charge >= 0.3 is 0 Å². The van der Waals surface area contributed by atoms with Crippen molar-refractivity contribution in [1.29, 1.82) is 0 Å². The van der Waals surface area contributed by atoms with Crippen molar-refractivity contribution >= 4 is 0 Å². The first-order valence-electron chi connectivity index (χ1n) is 5.36. The van der Waals surface area contributed by atoms with Gasteiger partial charge in [0.1, 0.15) is 12.1 Å². The standard InChI is InChI=1S/C10H19N2/c1-12-6-5-11-7-9(12)3-2-4-10(12)8-11/h9-10H,2-8H2,1H3/q+1. The van der Waals surface area contributed by atoms with Gasteiger partial charge in [-0.3, -0.25) is 4.90 Å². The molecule has 4 aliphatic heterocycles. The van der Waals surface area contributed by atoms with E-state index in [2.05, 4.69) is 11.9 Å². The number of piperidine rings is 1. The zero-order valence-corrected chi connectivity index (χ0v) is 8.00. The number of hydrogen-bond donors (Lipinski definition) is 0. The van der Waals surface area contributed by atoms with Crippen LogP contribution in [0.2, 0.25) is 0 Å². The Morgan fingerprint density at radius 3 is 2.42 bits per heavy atom. The van der Waals surface area contributed by atoms with Crippen molar-refractivity contribution in [2.45, 2.75) is 31.3 Å². The van der Waals surface area contributed by atoms with Crippen LogP contribution >= 0.6 is 0 Å². The zero-order valence-electron chi connectivity index (χ0n) is 8.00. The second kappa shape index (κ2) is 2.24. The van der Waals surface area contributed by atoms with E-state index in [0.29, 0.717) is 0 Å². The van der Waals surface area contributed by atoms with E-state index in [-0.39, 0.29) is 0 Å². The molecule has 2 atom stereocenters. The molecule has 2 heteroatoms. The van der Waals surface area contributed by atoms with E-state index < -0.39 is 0 Å². The molecule has 4 bridgehead atoms. The number of nitrogens with zero attached hydrogens (tertiary/aromatic N) is 2. The van der Waals surface area contributed by atoms with Crippen LogP contribution in [0.25, 0.3) is 0 Å². The largest absolute Gasteiger partial charge is 0.318 e. The lowest BCUT2D eigenvalue weighted by atomic mass is 9.86. The second-order valence-corrected chi connectivity index (χ2v) is 5.07. The minimum atomic E-state index is 0.992. The van der Waals surface area contributed by atoms with E-state index in [9.17, 15) is 0 Å². The molecular weight excluding hydrogens is 148 g/mol. The van der Waals surface area contributed by atoms with Gasteiger partial charge in [-0.15, -0.1) is 0 Å². The van der Waals surface area contributed by atoms with Gasteiger partial charge in [0.05, 0.1) is 26.7 Å². The van der Waals surface area contributed by atoms with Crippen LogP contribution in [-0.4, -0.2) is 54.7 Å². The van der Waals surface area contributed by atoms with Crippen molar-refractivity contribution in [3.05, 3.63) is 0 Å². The summed E-state index contributed by atoms with van der Waals surface area (Å²) in [4.78, 5) is 2.69. The molecule has 0 N–H and O–H groups in total. The third-order valence-electron chi connectivity index (χ3n) is 4.58. The highest BCUT2D eigenvalue weighted by Crippen LogP contribution is 2.37. The van der Waals surface area contributed by atoms with Crippen LogP contribution in [0.4, 0.5) is 0 Å². The first-order chi connectivity index (χ1) is 5.79. The Balaban J connectivity index is 1.96. The maximum atomic E-state index is 2.69. The van der Waals surface area contributed by atoms with Gasteiger partial charge in [0.15, 0.2) is 0 Å². The number of likely N-dealkylation sites (N-methyl/N-ethyl adjacent to an activating group) is 1. The van der Waals surface area contributed by atoms with E-state index in [0.717, 1.165) is 12.1 Å². The Hall–Kier alpha value is -0.0800. The third kappa shape index (κ3) is 0.775. The van der Waals surface area contributed by atoms with Crippen LogP contribution < -0.4 is 0 Å². The van der Waals surface area contributed by atoms with Crippen molar-refractivity contribution in [2.24, 2.45) is 0 Å². The van der Waals surface area contributed by atoms with E-state index in [1.54, 1.807) is 0 Å². The van der Waals surface area contributed by atoms with Gasteiger partial charge in [0.25, 0.3) is 0 Å². The highest BCUT2D eigenvalue weighted by Gasteiger charge is 2.51. The van der Waals surface area contributed by atoms with Crippen molar-refractivity contribution in [2.75, 3.05) is 33.2 Å². The quantitative estimate of drug-likeness (QED) is 0.480. The summed E-state index contributed by atoms with van der Waals surface area (Å²) in [5.41, 5.74) is 0. The summed E-state index contributed by atoms with van der Waals surface area (Å²) >= 11 is 0. The summed E-state index contributed by atoms with van der Waals surface area (Å²) in [7, 11) is 2.50. The summed E-state index contributed by atoms with van der Waals surface area (Å²) in [5, 5.41) is 0. The summed E-state index contributed by atoms with van der Waals surface area (Å²) in [6.07, 6.45) is 4.48. The first-order valence-corrected chi connectivity index (χ1v) is 5.36. The molecule has 2 unspecified atom stereocenters. The van der Waals surface area contributed by atoms with Crippen molar-refractivity contribution in [3.8, 4) is 0 Å². The second-order valence-electron chi connectivity index (χ2n) is 5.07. The Morgan fingerprint density at radius 2 is 1.83 bits per heavy atom. The fourth-order valence-corrected chi connectivity index (χ4v) is 3.61. The third-order valence-corrected chi connectivity index (χ3v) is 4.58.